The van der Waals surface area contributed by atoms with Gasteiger partial charge in [-0.15, -0.1) is 0 Å². The molecule has 0 aromatic heterocycles. The Hall–Kier alpha value is -1.93. The van der Waals surface area contributed by atoms with E-state index in [1.807, 2.05) is 25.1 Å². The molecule has 2 atom stereocenters. The first kappa shape index (κ1) is 18.4. The van der Waals surface area contributed by atoms with E-state index in [0.29, 0.717) is 6.42 Å². The van der Waals surface area contributed by atoms with E-state index in [-0.39, 0.29) is 22.7 Å². The molecule has 24 heavy (non-hydrogen) atoms. The van der Waals surface area contributed by atoms with Crippen LogP contribution in [-0.4, -0.2) is 14.5 Å². The zero-order valence-electron chi connectivity index (χ0n) is 13.8. The van der Waals surface area contributed by atoms with Gasteiger partial charge in [-0.05, 0) is 43.5 Å². The van der Waals surface area contributed by atoms with Crippen LogP contribution in [-0.2, 0) is 16.4 Å². The topological polar surface area (TPSA) is 107 Å². The predicted molar refractivity (Wildman–Crippen MR) is 93.8 cm³/mol. The van der Waals surface area contributed by atoms with Crippen molar-refractivity contribution in [1.82, 2.24) is 5.32 Å². The number of rotatable bonds is 7. The number of primary sulfonamides is 1. The first-order valence-corrected chi connectivity index (χ1v) is 9.19. The van der Waals surface area contributed by atoms with Crippen molar-refractivity contribution < 1.29 is 13.3 Å². The zero-order chi connectivity index (χ0) is 17.7. The monoisotopic (exact) mass is 349 g/mol. The van der Waals surface area contributed by atoms with E-state index in [2.05, 4.69) is 29.2 Å². The van der Waals surface area contributed by atoms with Gasteiger partial charge in [0, 0.05) is 12.1 Å². The second kappa shape index (κ2) is 7.76. The molecule has 0 bridgehead atoms. The Morgan fingerprint density at radius 1 is 1.12 bits per heavy atom. The van der Waals surface area contributed by atoms with Crippen LogP contribution in [0.4, 0.5) is 0 Å². The van der Waals surface area contributed by atoms with Crippen molar-refractivity contribution in [3.63, 3.8) is 0 Å². The van der Waals surface area contributed by atoms with Gasteiger partial charge in [0.15, 0.2) is 5.75 Å². The minimum Gasteiger partial charge on any atom is -0.410 e. The minimum atomic E-state index is -3.90. The lowest BCUT2D eigenvalue weighted by Gasteiger charge is -2.21. The van der Waals surface area contributed by atoms with Crippen molar-refractivity contribution >= 4 is 10.0 Å². The number of hydrogen-bond donors (Lipinski definition) is 3. The van der Waals surface area contributed by atoms with E-state index in [4.69, 9.17) is 11.0 Å². The van der Waals surface area contributed by atoms with E-state index in [9.17, 15) is 8.42 Å². The van der Waals surface area contributed by atoms with Crippen molar-refractivity contribution in [2.75, 3.05) is 0 Å². The van der Waals surface area contributed by atoms with Crippen LogP contribution >= 0.6 is 0 Å². The maximum Gasteiger partial charge on any atom is 0.241 e. The molecule has 5 N–H and O–H groups in total. The molecular weight excluding hydrogens is 326 g/mol. The fourth-order valence-corrected chi connectivity index (χ4v) is 3.39. The van der Waals surface area contributed by atoms with E-state index in [0.717, 1.165) is 5.56 Å². The molecule has 1 unspecified atom stereocenters. The fraction of sp³-hybridized carbons (Fsp3) is 0.294. The van der Waals surface area contributed by atoms with Crippen LogP contribution in [0.1, 0.15) is 31.0 Å². The molecule has 0 aliphatic rings. The van der Waals surface area contributed by atoms with Gasteiger partial charge >= 0.3 is 0 Å². The van der Waals surface area contributed by atoms with Gasteiger partial charge in [0.25, 0.3) is 0 Å². The second-order valence-electron chi connectivity index (χ2n) is 5.85. The first-order chi connectivity index (χ1) is 11.3. The van der Waals surface area contributed by atoms with E-state index in [1.54, 1.807) is 6.07 Å². The molecule has 0 spiro atoms. The molecule has 7 heteroatoms. The van der Waals surface area contributed by atoms with Gasteiger partial charge in [-0.1, -0.05) is 36.4 Å². The summed E-state index contributed by atoms with van der Waals surface area (Å²) >= 11 is 0. The quantitative estimate of drug-likeness (QED) is 0.662. The summed E-state index contributed by atoms with van der Waals surface area (Å²) in [6.45, 7) is 4.14. The van der Waals surface area contributed by atoms with Crippen LogP contribution in [0.15, 0.2) is 53.4 Å². The van der Waals surface area contributed by atoms with Gasteiger partial charge in [0.2, 0.25) is 10.0 Å². The first-order valence-electron chi connectivity index (χ1n) is 7.64. The highest BCUT2D eigenvalue weighted by Gasteiger charge is 2.17. The molecule has 6 nitrogen and oxygen atoms in total. The molecule has 2 aromatic carbocycles. The van der Waals surface area contributed by atoms with Crippen molar-refractivity contribution in [3.8, 4) is 5.75 Å². The maximum absolute atomic E-state index is 11.6. The zero-order valence-corrected chi connectivity index (χ0v) is 14.6. The minimum absolute atomic E-state index is 0.0412. The van der Waals surface area contributed by atoms with Crippen LogP contribution in [0.3, 0.4) is 0 Å². The van der Waals surface area contributed by atoms with Crippen LogP contribution in [0.25, 0.3) is 0 Å². The molecular formula is C17H23N3O3S. The molecule has 2 rings (SSSR count). The summed E-state index contributed by atoms with van der Waals surface area (Å²) in [7, 11) is -3.90. The Balaban J connectivity index is 2.10. The smallest absolute Gasteiger partial charge is 0.241 e. The molecule has 0 heterocycles. The molecule has 0 radical (unpaired) electrons. The highest BCUT2D eigenvalue weighted by atomic mass is 32.2. The van der Waals surface area contributed by atoms with Crippen LogP contribution < -0.4 is 21.2 Å². The van der Waals surface area contributed by atoms with Gasteiger partial charge in [0.05, 0.1) is 0 Å². The Labute approximate surface area is 142 Å². The number of sulfonamides is 1. The van der Waals surface area contributed by atoms with E-state index in [1.165, 1.54) is 17.7 Å². The van der Waals surface area contributed by atoms with Crippen LogP contribution in [0, 0.1) is 0 Å². The Kier molecular flexibility index (Phi) is 5.95. The number of benzene rings is 2. The van der Waals surface area contributed by atoms with Crippen molar-refractivity contribution in [1.29, 1.82) is 0 Å². The number of hydrogen-bond acceptors (Lipinski definition) is 5. The Bertz CT molecular complexity index is 779. The highest BCUT2D eigenvalue weighted by Crippen LogP contribution is 2.24. The molecule has 0 fully saturated rings. The predicted octanol–water partition coefficient (Wildman–Crippen LogP) is 1.87. The Morgan fingerprint density at radius 2 is 1.79 bits per heavy atom. The third kappa shape index (κ3) is 4.78. The fourth-order valence-electron chi connectivity index (χ4n) is 2.68. The van der Waals surface area contributed by atoms with Crippen LogP contribution in [0.2, 0.25) is 0 Å². The summed E-state index contributed by atoms with van der Waals surface area (Å²) in [4.78, 5) is 4.47. The lowest BCUT2D eigenvalue weighted by molar-refractivity contribution is 0.325. The van der Waals surface area contributed by atoms with Gasteiger partial charge in [0.1, 0.15) is 4.90 Å². The lowest BCUT2D eigenvalue weighted by Crippen LogP contribution is -2.30. The molecule has 2 aromatic rings. The van der Waals surface area contributed by atoms with Crippen molar-refractivity contribution in [3.05, 3.63) is 59.7 Å². The van der Waals surface area contributed by atoms with Crippen molar-refractivity contribution in [2.24, 2.45) is 11.0 Å². The highest BCUT2D eigenvalue weighted by molar-refractivity contribution is 7.89. The summed E-state index contributed by atoms with van der Waals surface area (Å²) in [6, 6.07) is 15.2. The van der Waals surface area contributed by atoms with Gasteiger partial charge in [-0.2, -0.15) is 5.90 Å². The van der Waals surface area contributed by atoms with Gasteiger partial charge in [-0.25, -0.2) is 13.6 Å². The SMILES string of the molecule is CC(Cc1ccc(ON)c(S(N)(=O)=O)c1)N[C@H](C)c1ccccc1. The molecule has 0 amide bonds. The van der Waals surface area contributed by atoms with E-state index < -0.39 is 10.0 Å². The normalized spacial score (nSPS) is 14.2. The third-order valence-corrected chi connectivity index (χ3v) is 4.75. The molecule has 0 aliphatic carbocycles. The summed E-state index contributed by atoms with van der Waals surface area (Å²) in [5.41, 5.74) is 2.03. The summed E-state index contributed by atoms with van der Waals surface area (Å²) in [6.07, 6.45) is 0.643. The molecule has 130 valence electrons. The second-order valence-corrected chi connectivity index (χ2v) is 7.38. The van der Waals surface area contributed by atoms with Gasteiger partial charge in [-0.3, -0.25) is 0 Å². The number of nitrogens with two attached hydrogens (primary N) is 2. The lowest BCUT2D eigenvalue weighted by atomic mass is 10.0. The van der Waals surface area contributed by atoms with E-state index >= 15 is 0 Å². The third-order valence-electron chi connectivity index (χ3n) is 3.82. The Morgan fingerprint density at radius 3 is 2.38 bits per heavy atom. The molecule has 0 aliphatic heterocycles. The average molecular weight is 349 g/mol. The van der Waals surface area contributed by atoms with Crippen molar-refractivity contribution in [2.45, 2.75) is 37.2 Å². The summed E-state index contributed by atoms with van der Waals surface area (Å²) in [5.74, 6) is 5.14. The average Bonchev–Trinajstić information content (AvgIpc) is 2.54. The maximum atomic E-state index is 11.6. The summed E-state index contributed by atoms with van der Waals surface area (Å²) in [5, 5.41) is 8.71. The summed E-state index contributed by atoms with van der Waals surface area (Å²) < 4.78 is 23.3. The van der Waals surface area contributed by atoms with Gasteiger partial charge < -0.3 is 10.2 Å². The largest absolute Gasteiger partial charge is 0.410 e. The molecule has 0 saturated heterocycles. The number of nitrogens with one attached hydrogen (secondary N) is 1. The van der Waals surface area contributed by atoms with Crippen LogP contribution in [0.5, 0.6) is 5.75 Å². The standard InChI is InChI=1S/C17H23N3O3S/c1-12(20-13(2)15-6-4-3-5-7-15)10-14-8-9-16(23-18)17(11-14)24(19,21)22/h3-9,11-13,20H,10,18H2,1-2H3,(H2,19,21,22)/t12?,13-/m1/s1. The molecule has 0 saturated carbocycles.